The predicted octanol–water partition coefficient (Wildman–Crippen LogP) is 4.60. The van der Waals surface area contributed by atoms with E-state index in [2.05, 4.69) is 22.2 Å². The SMILES string of the molecule is CCC1CCCCN1C(=O)c1cnc(Nc2cc(C)c(Cl)cc2OC)nc1. The van der Waals surface area contributed by atoms with Crippen LogP contribution in [-0.2, 0) is 0 Å². The van der Waals surface area contributed by atoms with Crippen molar-refractivity contribution in [2.75, 3.05) is 19.0 Å². The first kappa shape index (κ1) is 19.4. The molecular weight excluding hydrogens is 364 g/mol. The smallest absolute Gasteiger partial charge is 0.257 e. The molecule has 1 atom stereocenters. The number of hydrogen-bond acceptors (Lipinski definition) is 5. The zero-order chi connectivity index (χ0) is 19.4. The van der Waals surface area contributed by atoms with Gasteiger partial charge in [-0.3, -0.25) is 4.79 Å². The van der Waals surface area contributed by atoms with Gasteiger partial charge in [0, 0.05) is 36.1 Å². The van der Waals surface area contributed by atoms with Gasteiger partial charge < -0.3 is 15.0 Å². The van der Waals surface area contributed by atoms with E-state index < -0.39 is 0 Å². The molecule has 1 saturated heterocycles. The topological polar surface area (TPSA) is 67.4 Å². The van der Waals surface area contributed by atoms with E-state index in [0.29, 0.717) is 28.3 Å². The van der Waals surface area contributed by atoms with Crippen LogP contribution < -0.4 is 10.1 Å². The number of aryl methyl sites for hydroxylation is 1. The molecule has 0 radical (unpaired) electrons. The normalized spacial score (nSPS) is 16.9. The molecule has 2 aromatic rings. The molecule has 1 aliphatic rings. The number of nitrogens with one attached hydrogen (secondary N) is 1. The number of benzene rings is 1. The summed E-state index contributed by atoms with van der Waals surface area (Å²) < 4.78 is 5.36. The number of carbonyl (C=O) groups is 1. The first-order valence-electron chi connectivity index (χ1n) is 9.27. The first-order chi connectivity index (χ1) is 13.0. The van der Waals surface area contributed by atoms with Crippen LogP contribution in [0.5, 0.6) is 5.75 Å². The molecule has 1 amide bonds. The Labute approximate surface area is 164 Å². The molecule has 1 N–H and O–H groups in total. The van der Waals surface area contributed by atoms with Gasteiger partial charge in [-0.15, -0.1) is 0 Å². The maximum atomic E-state index is 12.8. The number of halogens is 1. The summed E-state index contributed by atoms with van der Waals surface area (Å²) in [4.78, 5) is 23.4. The van der Waals surface area contributed by atoms with E-state index in [1.165, 1.54) is 6.42 Å². The summed E-state index contributed by atoms with van der Waals surface area (Å²) in [6.07, 6.45) is 7.44. The number of aromatic nitrogens is 2. The Morgan fingerprint density at radius 2 is 2.07 bits per heavy atom. The lowest BCUT2D eigenvalue weighted by molar-refractivity contribution is 0.0607. The van der Waals surface area contributed by atoms with E-state index in [4.69, 9.17) is 16.3 Å². The fraction of sp³-hybridized carbons (Fsp3) is 0.450. The van der Waals surface area contributed by atoms with E-state index >= 15 is 0 Å². The summed E-state index contributed by atoms with van der Waals surface area (Å²) in [5, 5.41) is 3.76. The van der Waals surface area contributed by atoms with Gasteiger partial charge >= 0.3 is 0 Å². The third-order valence-electron chi connectivity index (χ3n) is 4.99. The van der Waals surface area contributed by atoms with Gasteiger partial charge in [0.2, 0.25) is 5.95 Å². The minimum absolute atomic E-state index is 0.00742. The van der Waals surface area contributed by atoms with Crippen LogP contribution in [0, 0.1) is 6.92 Å². The predicted molar refractivity (Wildman–Crippen MR) is 107 cm³/mol. The van der Waals surface area contributed by atoms with Gasteiger partial charge in [0.15, 0.2) is 0 Å². The van der Waals surface area contributed by atoms with Gasteiger partial charge in [0.25, 0.3) is 5.91 Å². The Kier molecular flexibility index (Phi) is 6.16. The number of anilines is 2. The Hall–Kier alpha value is -2.34. The molecule has 2 heterocycles. The monoisotopic (exact) mass is 388 g/mol. The van der Waals surface area contributed by atoms with Crippen molar-refractivity contribution in [2.45, 2.75) is 45.6 Å². The molecule has 6 nitrogen and oxygen atoms in total. The summed E-state index contributed by atoms with van der Waals surface area (Å²) in [6, 6.07) is 3.94. The van der Waals surface area contributed by atoms with Crippen molar-refractivity contribution in [1.82, 2.24) is 14.9 Å². The first-order valence-corrected chi connectivity index (χ1v) is 9.65. The summed E-state index contributed by atoms with van der Waals surface area (Å²) in [7, 11) is 1.58. The van der Waals surface area contributed by atoms with Crippen molar-refractivity contribution in [3.8, 4) is 5.75 Å². The Balaban J connectivity index is 1.76. The maximum Gasteiger partial charge on any atom is 0.257 e. The van der Waals surface area contributed by atoms with Crippen LogP contribution in [0.25, 0.3) is 0 Å². The Morgan fingerprint density at radius 3 is 2.74 bits per heavy atom. The molecule has 144 valence electrons. The number of hydrogen-bond donors (Lipinski definition) is 1. The van der Waals surface area contributed by atoms with E-state index in [1.807, 2.05) is 17.9 Å². The number of piperidine rings is 1. The molecule has 1 aromatic carbocycles. The summed E-state index contributed by atoms with van der Waals surface area (Å²) in [6.45, 7) is 4.85. The minimum atomic E-state index is 0.00742. The van der Waals surface area contributed by atoms with Gasteiger partial charge in [-0.2, -0.15) is 0 Å². The average Bonchev–Trinajstić information content (AvgIpc) is 2.70. The second-order valence-electron chi connectivity index (χ2n) is 6.78. The third-order valence-corrected chi connectivity index (χ3v) is 5.39. The number of rotatable bonds is 5. The average molecular weight is 389 g/mol. The molecule has 0 saturated carbocycles. The maximum absolute atomic E-state index is 12.8. The van der Waals surface area contributed by atoms with E-state index in [-0.39, 0.29) is 5.91 Å². The molecule has 1 aliphatic heterocycles. The quantitative estimate of drug-likeness (QED) is 0.810. The van der Waals surface area contributed by atoms with E-state index in [1.54, 1.807) is 25.6 Å². The highest BCUT2D eigenvalue weighted by Crippen LogP contribution is 2.32. The van der Waals surface area contributed by atoms with Crippen molar-refractivity contribution in [3.05, 3.63) is 40.7 Å². The lowest BCUT2D eigenvalue weighted by Crippen LogP contribution is -2.43. The molecule has 0 aliphatic carbocycles. The zero-order valence-corrected chi connectivity index (χ0v) is 16.7. The zero-order valence-electron chi connectivity index (χ0n) is 16.0. The van der Waals surface area contributed by atoms with Gasteiger partial charge in [-0.1, -0.05) is 18.5 Å². The minimum Gasteiger partial charge on any atom is -0.495 e. The van der Waals surface area contributed by atoms with Crippen LogP contribution in [0.15, 0.2) is 24.5 Å². The van der Waals surface area contributed by atoms with Crippen molar-refractivity contribution in [3.63, 3.8) is 0 Å². The van der Waals surface area contributed by atoms with Crippen LogP contribution >= 0.6 is 11.6 Å². The molecular formula is C20H25ClN4O2. The highest BCUT2D eigenvalue weighted by atomic mass is 35.5. The summed E-state index contributed by atoms with van der Waals surface area (Å²) in [5.74, 6) is 1.01. The van der Waals surface area contributed by atoms with Gasteiger partial charge in [-0.05, 0) is 44.2 Å². The van der Waals surface area contributed by atoms with Crippen molar-refractivity contribution < 1.29 is 9.53 Å². The molecule has 1 unspecified atom stereocenters. The van der Waals surface area contributed by atoms with Crippen molar-refractivity contribution in [2.24, 2.45) is 0 Å². The molecule has 1 aromatic heterocycles. The molecule has 7 heteroatoms. The highest BCUT2D eigenvalue weighted by Gasteiger charge is 2.26. The highest BCUT2D eigenvalue weighted by molar-refractivity contribution is 6.31. The van der Waals surface area contributed by atoms with Crippen molar-refractivity contribution >= 4 is 29.1 Å². The van der Waals surface area contributed by atoms with Crippen LogP contribution in [0.2, 0.25) is 5.02 Å². The second-order valence-corrected chi connectivity index (χ2v) is 7.19. The molecule has 0 bridgehead atoms. The van der Waals surface area contributed by atoms with Gasteiger partial charge in [0.05, 0.1) is 18.4 Å². The van der Waals surface area contributed by atoms with Crippen LogP contribution in [0.3, 0.4) is 0 Å². The van der Waals surface area contributed by atoms with Gasteiger partial charge in [0.1, 0.15) is 5.75 Å². The molecule has 27 heavy (non-hydrogen) atoms. The van der Waals surface area contributed by atoms with E-state index in [0.717, 1.165) is 37.1 Å². The number of methoxy groups -OCH3 is 1. The Morgan fingerprint density at radius 1 is 1.33 bits per heavy atom. The molecule has 1 fully saturated rings. The molecule has 0 spiro atoms. The number of likely N-dealkylation sites (tertiary alicyclic amines) is 1. The summed E-state index contributed by atoms with van der Waals surface area (Å²) in [5.41, 5.74) is 2.16. The fourth-order valence-corrected chi connectivity index (χ4v) is 3.57. The summed E-state index contributed by atoms with van der Waals surface area (Å²) >= 11 is 6.14. The van der Waals surface area contributed by atoms with Crippen LogP contribution in [0.4, 0.5) is 11.6 Å². The largest absolute Gasteiger partial charge is 0.495 e. The number of nitrogens with zero attached hydrogens (tertiary/aromatic N) is 3. The number of amides is 1. The second kappa shape index (κ2) is 8.57. The van der Waals surface area contributed by atoms with E-state index in [9.17, 15) is 4.79 Å². The lowest BCUT2D eigenvalue weighted by atomic mass is 9.99. The van der Waals surface area contributed by atoms with Gasteiger partial charge in [-0.25, -0.2) is 9.97 Å². The Bertz CT molecular complexity index is 810. The number of ether oxygens (including phenoxy) is 1. The lowest BCUT2D eigenvalue weighted by Gasteiger charge is -2.35. The van der Waals surface area contributed by atoms with Crippen LogP contribution in [-0.4, -0.2) is 40.5 Å². The molecule has 3 rings (SSSR count). The standard InChI is InChI=1S/C20H25ClN4O2/c1-4-15-7-5-6-8-25(15)19(26)14-11-22-20(23-12-14)24-17-9-13(2)16(21)10-18(17)27-3/h9-12,15H,4-8H2,1-3H3,(H,22,23,24). The van der Waals surface area contributed by atoms with Crippen LogP contribution in [0.1, 0.15) is 48.5 Å². The van der Waals surface area contributed by atoms with Crippen molar-refractivity contribution in [1.29, 1.82) is 0 Å². The third kappa shape index (κ3) is 4.33. The number of carbonyl (C=O) groups excluding carboxylic acids is 1. The fourth-order valence-electron chi connectivity index (χ4n) is 3.41.